The molecule has 2 aromatic heterocycles. The molecule has 0 atom stereocenters. The van der Waals surface area contributed by atoms with Crippen LogP contribution in [0.15, 0.2) is 28.0 Å². The van der Waals surface area contributed by atoms with E-state index in [1.54, 1.807) is 6.26 Å². The van der Waals surface area contributed by atoms with Crippen molar-refractivity contribution >= 4 is 17.7 Å². The van der Waals surface area contributed by atoms with Gasteiger partial charge in [0.2, 0.25) is 5.91 Å². The van der Waals surface area contributed by atoms with Crippen molar-refractivity contribution in [3.63, 3.8) is 0 Å². The number of carbonyl (C=O) groups excluding carboxylic acids is 1. The predicted octanol–water partition coefficient (Wildman–Crippen LogP) is 2.86. The molecule has 1 fully saturated rings. The Hall–Kier alpha value is -1.76. The lowest BCUT2D eigenvalue weighted by Crippen LogP contribution is -2.24. The summed E-state index contributed by atoms with van der Waals surface area (Å²) in [7, 11) is 1.99. The number of nitrogens with zero attached hydrogens (tertiary/aromatic N) is 3. The van der Waals surface area contributed by atoms with Crippen molar-refractivity contribution in [3.05, 3.63) is 30.0 Å². The molecule has 0 radical (unpaired) electrons. The van der Waals surface area contributed by atoms with Gasteiger partial charge in [0.25, 0.3) is 0 Å². The highest BCUT2D eigenvalue weighted by molar-refractivity contribution is 7.99. The Labute approximate surface area is 140 Å². The van der Waals surface area contributed by atoms with Crippen LogP contribution in [-0.4, -0.2) is 26.4 Å². The van der Waals surface area contributed by atoms with E-state index >= 15 is 0 Å². The molecule has 2 heterocycles. The highest BCUT2D eigenvalue weighted by Crippen LogP contribution is 2.32. The number of aromatic nitrogens is 3. The van der Waals surface area contributed by atoms with Gasteiger partial charge in [-0.1, -0.05) is 31.0 Å². The first-order valence-corrected chi connectivity index (χ1v) is 9.04. The van der Waals surface area contributed by atoms with Crippen molar-refractivity contribution in [2.75, 3.05) is 5.75 Å². The fraction of sp³-hybridized carbons (Fsp3) is 0.562. The van der Waals surface area contributed by atoms with Crippen LogP contribution in [0.5, 0.6) is 0 Å². The van der Waals surface area contributed by atoms with E-state index in [1.165, 1.54) is 43.9 Å². The minimum atomic E-state index is -0.0337. The maximum absolute atomic E-state index is 11.9. The predicted molar refractivity (Wildman–Crippen MR) is 88.1 cm³/mol. The second kappa shape index (κ2) is 7.68. The van der Waals surface area contributed by atoms with Crippen LogP contribution in [0, 0.1) is 0 Å². The lowest BCUT2D eigenvalue weighted by molar-refractivity contribution is -0.118. The highest BCUT2D eigenvalue weighted by Gasteiger charge is 2.22. The van der Waals surface area contributed by atoms with Gasteiger partial charge in [-0.25, -0.2) is 0 Å². The van der Waals surface area contributed by atoms with Crippen molar-refractivity contribution in [1.29, 1.82) is 0 Å². The Kier molecular flexibility index (Phi) is 5.38. The van der Waals surface area contributed by atoms with Gasteiger partial charge in [-0.05, 0) is 25.0 Å². The zero-order chi connectivity index (χ0) is 16.1. The molecule has 23 heavy (non-hydrogen) atoms. The van der Waals surface area contributed by atoms with E-state index < -0.39 is 0 Å². The molecular weight excluding hydrogens is 312 g/mol. The van der Waals surface area contributed by atoms with E-state index in [-0.39, 0.29) is 5.91 Å². The summed E-state index contributed by atoms with van der Waals surface area (Å²) in [6, 6.07) is 3.65. The maximum atomic E-state index is 11.9. The summed E-state index contributed by atoms with van der Waals surface area (Å²) in [4.78, 5) is 11.9. The molecule has 0 bridgehead atoms. The van der Waals surface area contributed by atoms with Gasteiger partial charge in [0.15, 0.2) is 5.16 Å². The monoisotopic (exact) mass is 334 g/mol. The van der Waals surface area contributed by atoms with Crippen molar-refractivity contribution in [3.8, 4) is 0 Å². The van der Waals surface area contributed by atoms with Gasteiger partial charge < -0.3 is 14.3 Å². The van der Waals surface area contributed by atoms with Crippen LogP contribution in [0.2, 0.25) is 0 Å². The molecule has 1 N–H and O–H groups in total. The van der Waals surface area contributed by atoms with Gasteiger partial charge in [0.05, 0.1) is 18.6 Å². The lowest BCUT2D eigenvalue weighted by atomic mass is 9.89. The minimum absolute atomic E-state index is 0.0337. The summed E-state index contributed by atoms with van der Waals surface area (Å²) in [5.41, 5.74) is 0. The van der Waals surface area contributed by atoms with Crippen molar-refractivity contribution < 1.29 is 9.21 Å². The number of thioether (sulfide) groups is 1. The number of hydrogen-bond acceptors (Lipinski definition) is 5. The van der Waals surface area contributed by atoms with Crippen LogP contribution in [-0.2, 0) is 18.4 Å². The van der Waals surface area contributed by atoms with Crippen LogP contribution >= 0.6 is 11.8 Å². The van der Waals surface area contributed by atoms with Crippen LogP contribution in [0.3, 0.4) is 0 Å². The first-order valence-electron chi connectivity index (χ1n) is 8.05. The van der Waals surface area contributed by atoms with E-state index in [0.717, 1.165) is 16.7 Å². The number of amides is 1. The molecule has 0 spiro atoms. The summed E-state index contributed by atoms with van der Waals surface area (Å²) in [5.74, 6) is 2.62. The molecule has 3 rings (SSSR count). The summed E-state index contributed by atoms with van der Waals surface area (Å²) < 4.78 is 7.23. The number of furan rings is 1. The fourth-order valence-corrected chi connectivity index (χ4v) is 3.70. The van der Waals surface area contributed by atoms with Gasteiger partial charge >= 0.3 is 0 Å². The SMILES string of the molecule is Cn1c(SCC(=O)NCc2ccco2)nnc1C1CCCCC1. The summed E-state index contributed by atoms with van der Waals surface area (Å²) in [6.07, 6.45) is 7.86. The molecule has 1 amide bonds. The third-order valence-corrected chi connectivity index (χ3v) is 5.23. The Bertz CT molecular complexity index is 633. The zero-order valence-electron chi connectivity index (χ0n) is 13.3. The first kappa shape index (κ1) is 16.1. The molecule has 6 nitrogen and oxygen atoms in total. The van der Waals surface area contributed by atoms with Crippen molar-refractivity contribution in [2.24, 2.45) is 7.05 Å². The molecule has 2 aromatic rings. The molecule has 0 aromatic carbocycles. The largest absolute Gasteiger partial charge is 0.467 e. The normalized spacial score (nSPS) is 15.7. The lowest BCUT2D eigenvalue weighted by Gasteiger charge is -2.20. The van der Waals surface area contributed by atoms with Gasteiger partial charge in [0.1, 0.15) is 11.6 Å². The Morgan fingerprint density at radius 3 is 2.96 bits per heavy atom. The van der Waals surface area contributed by atoms with Crippen molar-refractivity contribution in [1.82, 2.24) is 20.1 Å². The van der Waals surface area contributed by atoms with Crippen LogP contribution < -0.4 is 5.32 Å². The highest BCUT2D eigenvalue weighted by atomic mass is 32.2. The van der Waals surface area contributed by atoms with Gasteiger partial charge in [-0.3, -0.25) is 4.79 Å². The summed E-state index contributed by atoms with van der Waals surface area (Å²) in [6.45, 7) is 0.415. The maximum Gasteiger partial charge on any atom is 0.230 e. The van der Waals surface area contributed by atoms with Gasteiger partial charge in [-0.15, -0.1) is 10.2 Å². The van der Waals surface area contributed by atoms with Crippen molar-refractivity contribution in [2.45, 2.75) is 49.7 Å². The second-order valence-corrected chi connectivity index (χ2v) is 6.82. The van der Waals surface area contributed by atoms with Crippen LogP contribution in [0.1, 0.15) is 49.6 Å². The zero-order valence-corrected chi connectivity index (χ0v) is 14.1. The van der Waals surface area contributed by atoms with E-state index in [2.05, 4.69) is 15.5 Å². The molecule has 124 valence electrons. The Balaban J connectivity index is 1.50. The fourth-order valence-electron chi connectivity index (χ4n) is 2.95. The molecule has 0 saturated heterocycles. The van der Waals surface area contributed by atoms with E-state index in [0.29, 0.717) is 18.2 Å². The van der Waals surface area contributed by atoms with Crippen LogP contribution in [0.4, 0.5) is 0 Å². The Morgan fingerprint density at radius 1 is 1.39 bits per heavy atom. The third-order valence-electron chi connectivity index (χ3n) is 4.21. The Morgan fingerprint density at radius 2 is 2.22 bits per heavy atom. The smallest absolute Gasteiger partial charge is 0.230 e. The quantitative estimate of drug-likeness (QED) is 0.822. The van der Waals surface area contributed by atoms with E-state index in [9.17, 15) is 4.79 Å². The second-order valence-electron chi connectivity index (χ2n) is 5.88. The molecule has 0 unspecified atom stereocenters. The van der Waals surface area contributed by atoms with Gasteiger partial charge in [0, 0.05) is 13.0 Å². The molecule has 0 aliphatic heterocycles. The number of rotatable bonds is 6. The van der Waals surface area contributed by atoms with Gasteiger partial charge in [-0.2, -0.15) is 0 Å². The number of nitrogens with one attached hydrogen (secondary N) is 1. The summed E-state index contributed by atoms with van der Waals surface area (Å²) >= 11 is 1.42. The first-order chi connectivity index (χ1) is 11.2. The molecule has 1 aliphatic rings. The molecule has 1 aliphatic carbocycles. The van der Waals surface area contributed by atoms with E-state index in [1.807, 2.05) is 23.7 Å². The summed E-state index contributed by atoms with van der Waals surface area (Å²) in [5, 5.41) is 12.2. The minimum Gasteiger partial charge on any atom is -0.467 e. The number of carbonyl (C=O) groups is 1. The van der Waals surface area contributed by atoms with E-state index in [4.69, 9.17) is 4.42 Å². The molecular formula is C16H22N4O2S. The standard InChI is InChI=1S/C16H22N4O2S/c1-20-15(12-6-3-2-4-7-12)18-19-16(20)23-11-14(21)17-10-13-8-5-9-22-13/h5,8-9,12H,2-4,6-7,10-11H2,1H3,(H,17,21). The third kappa shape index (κ3) is 4.16. The average molecular weight is 334 g/mol. The average Bonchev–Trinajstić information content (AvgIpc) is 3.22. The molecule has 1 saturated carbocycles. The molecule has 7 heteroatoms. The van der Waals surface area contributed by atoms with Crippen LogP contribution in [0.25, 0.3) is 0 Å². The number of hydrogen-bond donors (Lipinski definition) is 1. The topological polar surface area (TPSA) is 73.0 Å².